The first-order valence-corrected chi connectivity index (χ1v) is 6.65. The van der Waals surface area contributed by atoms with Crippen molar-refractivity contribution in [3.8, 4) is 0 Å². The second-order valence-corrected chi connectivity index (χ2v) is 5.18. The SMILES string of the molecule is CC(O)CC(C)CNC(=O)Cc1cccc(C(=O)O)c1. The number of aliphatic hydroxyl groups is 1. The molecule has 20 heavy (non-hydrogen) atoms. The Bertz CT molecular complexity index is 471. The van der Waals surface area contributed by atoms with Crippen LogP contribution in [0.1, 0.15) is 36.2 Å². The molecule has 2 atom stereocenters. The van der Waals surface area contributed by atoms with Gasteiger partial charge in [0.25, 0.3) is 0 Å². The average molecular weight is 279 g/mol. The first-order chi connectivity index (χ1) is 9.38. The number of aromatic carboxylic acids is 1. The third kappa shape index (κ3) is 5.84. The molecule has 1 aromatic rings. The van der Waals surface area contributed by atoms with Crippen LogP contribution in [0.2, 0.25) is 0 Å². The van der Waals surface area contributed by atoms with Crippen LogP contribution in [-0.2, 0) is 11.2 Å². The van der Waals surface area contributed by atoms with Gasteiger partial charge in [0.15, 0.2) is 0 Å². The van der Waals surface area contributed by atoms with E-state index in [1.54, 1.807) is 19.1 Å². The van der Waals surface area contributed by atoms with Gasteiger partial charge in [-0.2, -0.15) is 0 Å². The molecule has 0 heterocycles. The minimum absolute atomic E-state index is 0.148. The van der Waals surface area contributed by atoms with Crippen LogP contribution >= 0.6 is 0 Å². The number of aliphatic hydroxyl groups excluding tert-OH is 1. The van der Waals surface area contributed by atoms with Gasteiger partial charge in [0.05, 0.1) is 18.1 Å². The summed E-state index contributed by atoms with van der Waals surface area (Å²) in [6, 6.07) is 6.35. The Morgan fingerprint density at radius 1 is 1.30 bits per heavy atom. The zero-order valence-electron chi connectivity index (χ0n) is 11.8. The number of carbonyl (C=O) groups excluding carboxylic acids is 1. The van der Waals surface area contributed by atoms with Crippen molar-refractivity contribution in [2.75, 3.05) is 6.54 Å². The highest BCUT2D eigenvalue weighted by molar-refractivity contribution is 5.88. The first kappa shape index (κ1) is 16.2. The number of rotatable bonds is 7. The van der Waals surface area contributed by atoms with Crippen LogP contribution in [-0.4, -0.2) is 34.7 Å². The minimum atomic E-state index is -1.00. The van der Waals surface area contributed by atoms with Gasteiger partial charge in [0.1, 0.15) is 0 Å². The fourth-order valence-corrected chi connectivity index (χ4v) is 2.02. The lowest BCUT2D eigenvalue weighted by atomic mass is 10.0. The van der Waals surface area contributed by atoms with Gasteiger partial charge in [-0.3, -0.25) is 4.79 Å². The Balaban J connectivity index is 2.46. The molecule has 5 nitrogen and oxygen atoms in total. The minimum Gasteiger partial charge on any atom is -0.478 e. The summed E-state index contributed by atoms with van der Waals surface area (Å²) in [6.07, 6.45) is 0.409. The third-order valence-corrected chi connectivity index (χ3v) is 2.93. The lowest BCUT2D eigenvalue weighted by molar-refractivity contribution is -0.120. The molecule has 110 valence electrons. The van der Waals surface area contributed by atoms with Crippen molar-refractivity contribution in [2.45, 2.75) is 32.8 Å². The Kier molecular flexibility index (Phi) is 6.18. The van der Waals surface area contributed by atoms with Crippen LogP contribution in [0.5, 0.6) is 0 Å². The maximum atomic E-state index is 11.8. The number of nitrogens with one attached hydrogen (secondary N) is 1. The number of carboxylic acid groups (broad SMARTS) is 1. The van der Waals surface area contributed by atoms with Crippen LogP contribution < -0.4 is 5.32 Å². The number of amides is 1. The van der Waals surface area contributed by atoms with E-state index < -0.39 is 5.97 Å². The van der Waals surface area contributed by atoms with E-state index in [1.807, 2.05) is 6.92 Å². The van der Waals surface area contributed by atoms with Crippen molar-refractivity contribution in [3.05, 3.63) is 35.4 Å². The fraction of sp³-hybridized carbons (Fsp3) is 0.467. The molecule has 0 radical (unpaired) electrons. The lowest BCUT2D eigenvalue weighted by Gasteiger charge is -2.14. The van der Waals surface area contributed by atoms with E-state index in [4.69, 9.17) is 5.11 Å². The molecule has 1 aromatic carbocycles. The highest BCUT2D eigenvalue weighted by atomic mass is 16.4. The Morgan fingerprint density at radius 3 is 2.60 bits per heavy atom. The average Bonchev–Trinajstić information content (AvgIpc) is 2.36. The maximum Gasteiger partial charge on any atom is 0.335 e. The normalized spacial score (nSPS) is 13.6. The van der Waals surface area contributed by atoms with E-state index in [0.29, 0.717) is 18.5 Å². The highest BCUT2D eigenvalue weighted by Gasteiger charge is 2.10. The summed E-state index contributed by atoms with van der Waals surface area (Å²) in [5.41, 5.74) is 0.850. The zero-order chi connectivity index (χ0) is 15.1. The van der Waals surface area contributed by atoms with Gasteiger partial charge in [-0.15, -0.1) is 0 Å². The van der Waals surface area contributed by atoms with Gasteiger partial charge in [0, 0.05) is 6.54 Å². The van der Waals surface area contributed by atoms with Gasteiger partial charge < -0.3 is 15.5 Å². The van der Waals surface area contributed by atoms with Crippen molar-refractivity contribution in [1.29, 1.82) is 0 Å². The van der Waals surface area contributed by atoms with Crippen LogP contribution in [0.15, 0.2) is 24.3 Å². The summed E-state index contributed by atoms with van der Waals surface area (Å²) in [5.74, 6) is -0.952. The number of hydrogen-bond donors (Lipinski definition) is 3. The molecule has 0 saturated heterocycles. The standard InChI is InChI=1S/C15H21NO4/c1-10(6-11(2)17)9-16-14(18)8-12-4-3-5-13(7-12)15(19)20/h3-5,7,10-11,17H,6,8-9H2,1-2H3,(H,16,18)(H,19,20). The first-order valence-electron chi connectivity index (χ1n) is 6.65. The second-order valence-electron chi connectivity index (χ2n) is 5.18. The molecule has 0 aliphatic heterocycles. The van der Waals surface area contributed by atoms with Gasteiger partial charge in [0.2, 0.25) is 5.91 Å². The van der Waals surface area contributed by atoms with Gasteiger partial charge in [-0.25, -0.2) is 4.79 Å². The monoisotopic (exact) mass is 279 g/mol. The van der Waals surface area contributed by atoms with Gasteiger partial charge in [-0.1, -0.05) is 19.1 Å². The van der Waals surface area contributed by atoms with E-state index in [0.717, 1.165) is 0 Å². The number of carboxylic acids is 1. The molecular weight excluding hydrogens is 258 g/mol. The molecular formula is C15H21NO4. The van der Waals surface area contributed by atoms with E-state index >= 15 is 0 Å². The summed E-state index contributed by atoms with van der Waals surface area (Å²) >= 11 is 0. The molecule has 0 saturated carbocycles. The molecule has 3 N–H and O–H groups in total. The highest BCUT2D eigenvalue weighted by Crippen LogP contribution is 2.07. The molecule has 0 spiro atoms. The topological polar surface area (TPSA) is 86.6 Å². The molecule has 0 aromatic heterocycles. The van der Waals surface area contributed by atoms with E-state index in [2.05, 4.69) is 5.32 Å². The summed E-state index contributed by atoms with van der Waals surface area (Å²) in [7, 11) is 0. The van der Waals surface area contributed by atoms with Gasteiger partial charge >= 0.3 is 5.97 Å². The zero-order valence-corrected chi connectivity index (χ0v) is 11.8. The van der Waals surface area contributed by atoms with Gasteiger partial charge in [-0.05, 0) is 37.0 Å². The van der Waals surface area contributed by atoms with Crippen LogP contribution in [0, 0.1) is 5.92 Å². The van der Waals surface area contributed by atoms with E-state index in [-0.39, 0.29) is 29.9 Å². The Hall–Kier alpha value is -1.88. The van der Waals surface area contributed by atoms with Crippen molar-refractivity contribution in [1.82, 2.24) is 5.32 Å². The summed E-state index contributed by atoms with van der Waals surface area (Å²) in [6.45, 7) is 4.18. The molecule has 5 heteroatoms. The molecule has 2 unspecified atom stereocenters. The lowest BCUT2D eigenvalue weighted by Crippen LogP contribution is -2.30. The van der Waals surface area contributed by atoms with E-state index in [9.17, 15) is 14.7 Å². The predicted octanol–water partition coefficient (Wildman–Crippen LogP) is 1.45. The summed E-state index contributed by atoms with van der Waals surface area (Å²) < 4.78 is 0. The van der Waals surface area contributed by atoms with E-state index in [1.165, 1.54) is 12.1 Å². The maximum absolute atomic E-state index is 11.8. The summed E-state index contributed by atoms with van der Waals surface area (Å²) in [5, 5.41) is 20.9. The summed E-state index contributed by atoms with van der Waals surface area (Å²) in [4.78, 5) is 22.6. The van der Waals surface area contributed by atoms with Crippen LogP contribution in [0.25, 0.3) is 0 Å². The second kappa shape index (κ2) is 7.65. The van der Waals surface area contributed by atoms with Crippen molar-refractivity contribution in [3.63, 3.8) is 0 Å². The Morgan fingerprint density at radius 2 is 2.00 bits per heavy atom. The number of benzene rings is 1. The fourth-order valence-electron chi connectivity index (χ4n) is 2.02. The van der Waals surface area contributed by atoms with Crippen molar-refractivity contribution in [2.24, 2.45) is 5.92 Å². The van der Waals surface area contributed by atoms with Crippen molar-refractivity contribution >= 4 is 11.9 Å². The Labute approximate surface area is 118 Å². The predicted molar refractivity (Wildman–Crippen MR) is 75.6 cm³/mol. The van der Waals surface area contributed by atoms with Crippen LogP contribution in [0.4, 0.5) is 0 Å². The molecule has 0 aliphatic carbocycles. The molecule has 0 bridgehead atoms. The third-order valence-electron chi connectivity index (χ3n) is 2.93. The molecule has 1 amide bonds. The number of hydrogen-bond acceptors (Lipinski definition) is 3. The number of carbonyl (C=O) groups is 2. The smallest absolute Gasteiger partial charge is 0.335 e. The molecule has 0 fully saturated rings. The molecule has 1 rings (SSSR count). The van der Waals surface area contributed by atoms with Crippen molar-refractivity contribution < 1.29 is 19.8 Å². The quantitative estimate of drug-likeness (QED) is 0.705. The van der Waals surface area contributed by atoms with Crippen LogP contribution in [0.3, 0.4) is 0 Å². The largest absolute Gasteiger partial charge is 0.478 e. The molecule has 0 aliphatic rings.